The Morgan fingerprint density at radius 3 is 2.63 bits per heavy atom. The zero-order valence-electron chi connectivity index (χ0n) is 16.3. The predicted octanol–water partition coefficient (Wildman–Crippen LogP) is 3.49. The van der Waals surface area contributed by atoms with Crippen LogP contribution in [0, 0.1) is 11.7 Å². The molecule has 1 saturated carbocycles. The average Bonchev–Trinajstić information content (AvgIpc) is 3.03. The third kappa shape index (κ3) is 3.86. The second-order valence-electron chi connectivity index (χ2n) is 7.93. The van der Waals surface area contributed by atoms with Crippen LogP contribution in [0.5, 0.6) is 0 Å². The molecule has 1 aromatic carbocycles. The van der Waals surface area contributed by atoms with E-state index in [0.717, 1.165) is 19.3 Å². The van der Waals surface area contributed by atoms with Gasteiger partial charge in [-0.25, -0.2) is 4.39 Å². The minimum atomic E-state index is -0.816. The topological polar surface area (TPSA) is 58.6 Å². The smallest absolute Gasteiger partial charge is 0.259 e. The molecule has 2 fully saturated rings. The number of hydrogen-bond donors (Lipinski definition) is 1. The van der Waals surface area contributed by atoms with Gasteiger partial charge >= 0.3 is 0 Å². The molecule has 1 aliphatic carbocycles. The van der Waals surface area contributed by atoms with E-state index in [4.69, 9.17) is 4.74 Å². The van der Waals surface area contributed by atoms with Gasteiger partial charge < -0.3 is 10.1 Å². The zero-order chi connectivity index (χ0) is 19.6. The van der Waals surface area contributed by atoms with Crippen LogP contribution in [-0.4, -0.2) is 41.1 Å². The Bertz CT molecular complexity index is 700. The molecule has 27 heavy (non-hydrogen) atoms. The van der Waals surface area contributed by atoms with Gasteiger partial charge in [-0.15, -0.1) is 0 Å². The number of nitrogens with one attached hydrogen (secondary N) is 1. The van der Waals surface area contributed by atoms with Crippen LogP contribution in [0.1, 0.15) is 63.2 Å². The van der Waals surface area contributed by atoms with Gasteiger partial charge in [0.15, 0.2) is 0 Å². The molecule has 5 nitrogen and oxygen atoms in total. The molecule has 1 saturated heterocycles. The van der Waals surface area contributed by atoms with Crippen LogP contribution in [0.2, 0.25) is 0 Å². The molecule has 2 atom stereocenters. The molecule has 2 amide bonds. The molecule has 1 spiro atoms. The fraction of sp³-hybridized carbons (Fsp3) is 0.619. The molecule has 1 aromatic rings. The first kappa shape index (κ1) is 19.8. The molecular weight excluding hydrogens is 347 g/mol. The summed E-state index contributed by atoms with van der Waals surface area (Å²) in [6, 6.07) is 5.20. The van der Waals surface area contributed by atoms with Gasteiger partial charge in [0.05, 0.1) is 12.2 Å². The highest BCUT2D eigenvalue weighted by atomic mass is 19.1. The van der Waals surface area contributed by atoms with E-state index in [9.17, 15) is 14.0 Å². The number of carbonyl (C=O) groups excluding carboxylic acids is 2. The monoisotopic (exact) mass is 376 g/mol. The van der Waals surface area contributed by atoms with Crippen LogP contribution in [0.3, 0.4) is 0 Å². The third-order valence-electron chi connectivity index (χ3n) is 5.94. The summed E-state index contributed by atoms with van der Waals surface area (Å²) in [7, 11) is 0. The quantitative estimate of drug-likeness (QED) is 0.875. The molecule has 0 bridgehead atoms. The van der Waals surface area contributed by atoms with E-state index >= 15 is 0 Å². The number of benzene rings is 1. The maximum Gasteiger partial charge on any atom is 0.259 e. The van der Waals surface area contributed by atoms with E-state index in [-0.39, 0.29) is 24.1 Å². The largest absolute Gasteiger partial charge is 0.353 e. The SMILES string of the molecule is CCC(C)NC(=O)C1COC2(CCC(C)CC2)N1C(=O)c1ccccc1F. The van der Waals surface area contributed by atoms with E-state index in [2.05, 4.69) is 12.2 Å². The summed E-state index contributed by atoms with van der Waals surface area (Å²) in [5.74, 6) is -0.721. The maximum absolute atomic E-state index is 14.3. The van der Waals surface area contributed by atoms with Crippen molar-refractivity contribution in [3.05, 3.63) is 35.6 Å². The van der Waals surface area contributed by atoms with Gasteiger partial charge in [0.2, 0.25) is 5.91 Å². The number of carbonyl (C=O) groups is 2. The summed E-state index contributed by atoms with van der Waals surface area (Å²) in [5, 5.41) is 2.95. The second-order valence-corrected chi connectivity index (χ2v) is 7.93. The van der Waals surface area contributed by atoms with Crippen molar-refractivity contribution in [1.82, 2.24) is 10.2 Å². The Morgan fingerprint density at radius 1 is 1.33 bits per heavy atom. The lowest BCUT2D eigenvalue weighted by Crippen LogP contribution is -2.57. The van der Waals surface area contributed by atoms with Crippen molar-refractivity contribution in [2.24, 2.45) is 5.92 Å². The summed E-state index contributed by atoms with van der Waals surface area (Å²) < 4.78 is 20.4. The van der Waals surface area contributed by atoms with Crippen molar-refractivity contribution in [2.75, 3.05) is 6.61 Å². The lowest BCUT2D eigenvalue weighted by molar-refractivity contribution is -0.128. The fourth-order valence-electron chi connectivity index (χ4n) is 3.99. The molecule has 0 radical (unpaired) electrons. The molecule has 148 valence electrons. The highest BCUT2D eigenvalue weighted by Gasteiger charge is 2.53. The van der Waals surface area contributed by atoms with E-state index in [1.807, 2.05) is 13.8 Å². The minimum Gasteiger partial charge on any atom is -0.353 e. The third-order valence-corrected chi connectivity index (χ3v) is 5.94. The lowest BCUT2D eigenvalue weighted by Gasteiger charge is -2.43. The van der Waals surface area contributed by atoms with Crippen LogP contribution >= 0.6 is 0 Å². The van der Waals surface area contributed by atoms with Crippen LogP contribution in [0.4, 0.5) is 4.39 Å². The first-order valence-corrected chi connectivity index (χ1v) is 9.90. The number of ether oxygens (including phenoxy) is 1. The number of nitrogens with zero attached hydrogens (tertiary/aromatic N) is 1. The Balaban J connectivity index is 1.93. The van der Waals surface area contributed by atoms with E-state index in [0.29, 0.717) is 18.8 Å². The number of amides is 2. The second kappa shape index (κ2) is 7.97. The summed E-state index contributed by atoms with van der Waals surface area (Å²) in [6.07, 6.45) is 3.97. The molecule has 2 unspecified atom stereocenters. The molecule has 1 N–H and O–H groups in total. The van der Waals surface area contributed by atoms with Gasteiger partial charge in [0.25, 0.3) is 5.91 Å². The van der Waals surface area contributed by atoms with Gasteiger partial charge in [-0.05, 0) is 57.1 Å². The van der Waals surface area contributed by atoms with Crippen molar-refractivity contribution in [3.8, 4) is 0 Å². The van der Waals surface area contributed by atoms with Gasteiger partial charge in [0.1, 0.15) is 17.6 Å². The lowest BCUT2D eigenvalue weighted by atomic mass is 9.83. The fourth-order valence-corrected chi connectivity index (χ4v) is 3.99. The number of rotatable bonds is 4. The number of hydrogen-bond acceptors (Lipinski definition) is 3. The van der Waals surface area contributed by atoms with E-state index in [1.165, 1.54) is 17.0 Å². The van der Waals surface area contributed by atoms with Crippen molar-refractivity contribution in [2.45, 2.75) is 70.7 Å². The summed E-state index contributed by atoms with van der Waals surface area (Å²) in [6.45, 7) is 6.24. The first-order chi connectivity index (χ1) is 12.9. The first-order valence-electron chi connectivity index (χ1n) is 9.90. The molecule has 1 aliphatic heterocycles. The highest BCUT2D eigenvalue weighted by molar-refractivity contribution is 5.98. The van der Waals surface area contributed by atoms with Gasteiger partial charge in [-0.2, -0.15) is 0 Å². The van der Waals surface area contributed by atoms with Crippen molar-refractivity contribution < 1.29 is 18.7 Å². The van der Waals surface area contributed by atoms with Crippen molar-refractivity contribution in [3.63, 3.8) is 0 Å². The van der Waals surface area contributed by atoms with Crippen LogP contribution in [0.25, 0.3) is 0 Å². The number of halogens is 1. The molecule has 1 heterocycles. The van der Waals surface area contributed by atoms with Gasteiger partial charge in [0, 0.05) is 6.04 Å². The maximum atomic E-state index is 14.3. The molecular formula is C21H29FN2O3. The normalized spacial score (nSPS) is 29.0. The van der Waals surface area contributed by atoms with E-state index in [1.54, 1.807) is 12.1 Å². The summed E-state index contributed by atoms with van der Waals surface area (Å²) >= 11 is 0. The van der Waals surface area contributed by atoms with E-state index < -0.39 is 23.5 Å². The summed E-state index contributed by atoms with van der Waals surface area (Å²) in [4.78, 5) is 27.7. The van der Waals surface area contributed by atoms with Crippen molar-refractivity contribution >= 4 is 11.8 Å². The molecule has 0 aromatic heterocycles. The average molecular weight is 376 g/mol. The minimum absolute atomic E-state index is 0.00541. The Hall–Kier alpha value is -1.95. The van der Waals surface area contributed by atoms with Gasteiger partial charge in [-0.3, -0.25) is 14.5 Å². The zero-order valence-corrected chi connectivity index (χ0v) is 16.3. The highest BCUT2D eigenvalue weighted by Crippen LogP contribution is 2.43. The Labute approximate surface area is 160 Å². The predicted molar refractivity (Wildman–Crippen MR) is 101 cm³/mol. The Kier molecular flexibility index (Phi) is 5.84. The van der Waals surface area contributed by atoms with Crippen LogP contribution < -0.4 is 5.32 Å². The summed E-state index contributed by atoms with van der Waals surface area (Å²) in [5.41, 5.74) is -0.828. The van der Waals surface area contributed by atoms with Gasteiger partial charge in [-0.1, -0.05) is 26.0 Å². The van der Waals surface area contributed by atoms with Crippen LogP contribution in [-0.2, 0) is 9.53 Å². The van der Waals surface area contributed by atoms with Crippen LogP contribution in [0.15, 0.2) is 24.3 Å². The standard InChI is InChI=1S/C21H29FN2O3/c1-4-15(3)23-19(25)18-13-27-21(11-9-14(2)10-12-21)24(18)20(26)16-7-5-6-8-17(16)22/h5-8,14-15,18H,4,9-13H2,1-3H3,(H,23,25). The molecule has 2 aliphatic rings. The van der Waals surface area contributed by atoms with Crippen molar-refractivity contribution in [1.29, 1.82) is 0 Å². The Morgan fingerprint density at radius 2 is 2.00 bits per heavy atom. The molecule has 6 heteroatoms. The molecule has 3 rings (SSSR count).